The fraction of sp³-hybridized carbons (Fsp3) is 0.227. The van der Waals surface area contributed by atoms with Crippen molar-refractivity contribution in [3.63, 3.8) is 0 Å². The number of anilines is 1. The molecule has 1 N–H and O–H groups in total. The van der Waals surface area contributed by atoms with Crippen LogP contribution in [0.25, 0.3) is 0 Å². The number of esters is 1. The number of aromatic nitrogens is 1. The van der Waals surface area contributed by atoms with Crippen molar-refractivity contribution in [1.29, 1.82) is 0 Å². The molecule has 0 saturated carbocycles. The third-order valence-electron chi connectivity index (χ3n) is 4.06. The van der Waals surface area contributed by atoms with Crippen LogP contribution in [-0.2, 0) is 11.3 Å². The van der Waals surface area contributed by atoms with E-state index >= 15 is 0 Å². The van der Waals surface area contributed by atoms with Gasteiger partial charge in [-0.2, -0.15) is 5.10 Å². The number of carbonyl (C=O) groups excluding carboxylic acids is 1. The summed E-state index contributed by atoms with van der Waals surface area (Å²) >= 11 is 1.20. The van der Waals surface area contributed by atoms with Gasteiger partial charge >= 0.3 is 5.97 Å². The lowest BCUT2D eigenvalue weighted by atomic mass is 10.2. The number of carbonyl (C=O) groups is 1. The van der Waals surface area contributed by atoms with Crippen LogP contribution in [-0.4, -0.2) is 30.9 Å². The summed E-state index contributed by atoms with van der Waals surface area (Å²) in [5.74, 6) is 0.894. The predicted molar refractivity (Wildman–Crippen MR) is 118 cm³/mol. The fourth-order valence-electron chi connectivity index (χ4n) is 2.61. The number of hydrogen-bond acceptors (Lipinski definition) is 8. The third kappa shape index (κ3) is 5.57. The van der Waals surface area contributed by atoms with E-state index in [9.17, 15) is 4.79 Å². The number of hydrogen-bond donors (Lipinski definition) is 1. The maximum absolute atomic E-state index is 11.9. The van der Waals surface area contributed by atoms with Crippen LogP contribution in [0.4, 0.5) is 5.13 Å². The van der Waals surface area contributed by atoms with E-state index < -0.39 is 0 Å². The first-order valence-corrected chi connectivity index (χ1v) is 10.2. The van der Waals surface area contributed by atoms with Gasteiger partial charge in [0.15, 0.2) is 11.5 Å². The van der Waals surface area contributed by atoms with Crippen LogP contribution in [0, 0.1) is 6.92 Å². The topological polar surface area (TPSA) is 82.0 Å². The number of ether oxygens (including phenoxy) is 3. The van der Waals surface area contributed by atoms with E-state index in [1.807, 2.05) is 48.5 Å². The Balaban J connectivity index is 1.63. The van der Waals surface area contributed by atoms with Gasteiger partial charge in [-0.1, -0.05) is 41.7 Å². The monoisotopic (exact) mass is 425 g/mol. The lowest BCUT2D eigenvalue weighted by Crippen LogP contribution is -2.03. The van der Waals surface area contributed by atoms with E-state index in [-0.39, 0.29) is 5.97 Å². The van der Waals surface area contributed by atoms with Crippen molar-refractivity contribution in [2.45, 2.75) is 20.5 Å². The molecule has 0 saturated heterocycles. The highest BCUT2D eigenvalue weighted by Crippen LogP contribution is 2.28. The van der Waals surface area contributed by atoms with Gasteiger partial charge in [0.1, 0.15) is 11.5 Å². The summed E-state index contributed by atoms with van der Waals surface area (Å²) in [5.41, 5.74) is 5.36. The Morgan fingerprint density at radius 1 is 1.20 bits per heavy atom. The van der Waals surface area contributed by atoms with Gasteiger partial charge in [0.05, 0.1) is 25.6 Å². The van der Waals surface area contributed by atoms with E-state index in [4.69, 9.17) is 14.2 Å². The zero-order valence-corrected chi connectivity index (χ0v) is 17.9. The molecule has 0 fully saturated rings. The number of aryl methyl sites for hydroxylation is 1. The molecule has 3 aromatic rings. The fourth-order valence-corrected chi connectivity index (χ4v) is 3.42. The molecule has 7 nitrogen and oxygen atoms in total. The maximum atomic E-state index is 11.9. The molecule has 30 heavy (non-hydrogen) atoms. The van der Waals surface area contributed by atoms with E-state index in [0.717, 1.165) is 11.1 Å². The molecule has 0 radical (unpaired) electrons. The Morgan fingerprint density at radius 2 is 2.00 bits per heavy atom. The summed E-state index contributed by atoms with van der Waals surface area (Å²) in [6.45, 7) is 4.31. The average molecular weight is 426 g/mol. The number of rotatable bonds is 9. The van der Waals surface area contributed by atoms with Crippen LogP contribution in [0.3, 0.4) is 0 Å². The van der Waals surface area contributed by atoms with Gasteiger partial charge in [-0.05, 0) is 43.2 Å². The molecule has 0 aliphatic carbocycles. The van der Waals surface area contributed by atoms with E-state index in [1.54, 1.807) is 27.2 Å². The van der Waals surface area contributed by atoms with Crippen LogP contribution < -0.4 is 14.9 Å². The maximum Gasteiger partial charge on any atom is 0.350 e. The largest absolute Gasteiger partial charge is 0.493 e. The molecule has 0 spiro atoms. The highest BCUT2D eigenvalue weighted by molar-refractivity contribution is 7.17. The second-order valence-corrected chi connectivity index (χ2v) is 7.21. The van der Waals surface area contributed by atoms with Gasteiger partial charge < -0.3 is 14.2 Å². The minimum Gasteiger partial charge on any atom is -0.493 e. The van der Waals surface area contributed by atoms with Crippen molar-refractivity contribution in [1.82, 2.24) is 4.98 Å². The lowest BCUT2D eigenvalue weighted by molar-refractivity contribution is 0.0531. The summed E-state index contributed by atoms with van der Waals surface area (Å²) in [5, 5.41) is 4.71. The molecule has 2 aromatic carbocycles. The Kier molecular flexibility index (Phi) is 7.40. The predicted octanol–water partition coefficient (Wildman–Crippen LogP) is 4.66. The van der Waals surface area contributed by atoms with Crippen LogP contribution in [0.5, 0.6) is 11.5 Å². The Bertz CT molecular complexity index is 1020. The molecule has 8 heteroatoms. The average Bonchev–Trinajstić information content (AvgIpc) is 3.14. The normalized spacial score (nSPS) is 10.8. The zero-order chi connectivity index (χ0) is 21.3. The first kappa shape index (κ1) is 21.3. The molecule has 0 atom stereocenters. The molecule has 3 rings (SSSR count). The van der Waals surface area contributed by atoms with Crippen LogP contribution in [0.2, 0.25) is 0 Å². The highest BCUT2D eigenvalue weighted by atomic mass is 32.1. The molecule has 0 bridgehead atoms. The highest BCUT2D eigenvalue weighted by Gasteiger charge is 2.16. The molecule has 1 aromatic heterocycles. The van der Waals surface area contributed by atoms with Gasteiger partial charge in [0.2, 0.25) is 5.13 Å². The van der Waals surface area contributed by atoms with Crippen molar-refractivity contribution >= 4 is 28.7 Å². The van der Waals surface area contributed by atoms with Gasteiger partial charge in [-0.25, -0.2) is 9.78 Å². The molecule has 0 unspecified atom stereocenters. The van der Waals surface area contributed by atoms with Crippen LogP contribution in [0.1, 0.15) is 33.4 Å². The molecule has 156 valence electrons. The Hall–Kier alpha value is -3.39. The standard InChI is InChI=1S/C22H23N3O4S/c1-4-28-21(26)20-15(2)24-22(30-20)25-23-13-17-10-11-18(19(12-17)27-3)29-14-16-8-6-5-7-9-16/h5-13H,4,14H2,1-3H3,(H,24,25)/b23-13-. The van der Waals surface area contributed by atoms with E-state index in [2.05, 4.69) is 15.5 Å². The molecular weight excluding hydrogens is 402 g/mol. The van der Waals surface area contributed by atoms with Gasteiger partial charge in [-0.15, -0.1) is 0 Å². The minimum atomic E-state index is -0.375. The summed E-state index contributed by atoms with van der Waals surface area (Å²) in [6.07, 6.45) is 1.64. The third-order valence-corrected chi connectivity index (χ3v) is 5.10. The summed E-state index contributed by atoms with van der Waals surface area (Å²) in [7, 11) is 1.60. The van der Waals surface area contributed by atoms with Crippen molar-refractivity contribution < 1.29 is 19.0 Å². The van der Waals surface area contributed by atoms with Crippen molar-refractivity contribution in [2.75, 3.05) is 19.1 Å². The Labute approximate surface area is 179 Å². The van der Waals surface area contributed by atoms with Gasteiger partial charge in [-0.3, -0.25) is 5.43 Å². The molecule has 0 aliphatic rings. The Morgan fingerprint density at radius 3 is 2.73 bits per heavy atom. The summed E-state index contributed by atoms with van der Waals surface area (Å²) < 4.78 is 16.3. The minimum absolute atomic E-state index is 0.323. The molecule has 1 heterocycles. The number of nitrogens with one attached hydrogen (secondary N) is 1. The number of nitrogens with zero attached hydrogens (tertiary/aromatic N) is 2. The second kappa shape index (κ2) is 10.4. The van der Waals surface area contributed by atoms with Crippen LogP contribution in [0.15, 0.2) is 53.6 Å². The van der Waals surface area contributed by atoms with Gasteiger partial charge in [0, 0.05) is 0 Å². The second-order valence-electron chi connectivity index (χ2n) is 6.21. The first-order valence-electron chi connectivity index (χ1n) is 9.39. The summed E-state index contributed by atoms with van der Waals surface area (Å²) in [4.78, 5) is 16.6. The molecule has 0 aliphatic heterocycles. The molecular formula is C22H23N3O4S. The summed E-state index contributed by atoms with van der Waals surface area (Å²) in [6, 6.07) is 15.5. The number of thiazole rings is 1. The quantitative estimate of drug-likeness (QED) is 0.305. The van der Waals surface area contributed by atoms with E-state index in [0.29, 0.717) is 40.4 Å². The number of benzene rings is 2. The lowest BCUT2D eigenvalue weighted by Gasteiger charge is -2.11. The van der Waals surface area contributed by atoms with Crippen LogP contribution >= 0.6 is 11.3 Å². The molecule has 0 amide bonds. The first-order chi connectivity index (χ1) is 14.6. The zero-order valence-electron chi connectivity index (χ0n) is 17.0. The number of methoxy groups -OCH3 is 1. The van der Waals surface area contributed by atoms with Crippen molar-refractivity contribution in [3.8, 4) is 11.5 Å². The van der Waals surface area contributed by atoms with Gasteiger partial charge in [0.25, 0.3) is 0 Å². The van der Waals surface area contributed by atoms with Crippen molar-refractivity contribution in [3.05, 3.63) is 70.2 Å². The smallest absolute Gasteiger partial charge is 0.350 e. The van der Waals surface area contributed by atoms with E-state index in [1.165, 1.54) is 11.3 Å². The number of hydrazone groups is 1. The van der Waals surface area contributed by atoms with Crippen molar-refractivity contribution in [2.24, 2.45) is 5.10 Å². The SMILES string of the molecule is CCOC(=O)c1sc(N/N=C\c2ccc(OCc3ccccc3)c(OC)c2)nc1C.